The first-order valence-corrected chi connectivity index (χ1v) is 3.79. The topological polar surface area (TPSA) is 26.0 Å². The lowest BCUT2D eigenvalue weighted by atomic mass is 10.2. The lowest BCUT2D eigenvalue weighted by molar-refractivity contribution is 0.876. The van der Waals surface area contributed by atoms with Gasteiger partial charge in [0.15, 0.2) is 0 Å². The molecule has 1 saturated carbocycles. The van der Waals surface area contributed by atoms with Crippen molar-refractivity contribution in [2.45, 2.75) is 32.6 Å². The molecule has 0 aromatic carbocycles. The van der Waals surface area contributed by atoms with E-state index in [2.05, 4.69) is 13.0 Å². The van der Waals surface area contributed by atoms with Crippen LogP contribution < -0.4 is 5.73 Å². The zero-order valence-corrected chi connectivity index (χ0v) is 6.06. The van der Waals surface area contributed by atoms with Crippen LogP contribution in [-0.2, 0) is 0 Å². The number of rotatable bonds is 3. The third-order valence-electron chi connectivity index (χ3n) is 1.61. The Labute approximate surface area is 56.9 Å². The van der Waals surface area contributed by atoms with Crippen LogP contribution in [0.4, 0.5) is 0 Å². The Morgan fingerprint density at radius 1 is 1.67 bits per heavy atom. The van der Waals surface area contributed by atoms with Crippen LogP contribution in [0.15, 0.2) is 11.8 Å². The van der Waals surface area contributed by atoms with Gasteiger partial charge in [0, 0.05) is 5.70 Å². The molecule has 0 atom stereocenters. The standard InChI is InChI=1S/C8H15N/c1-2-3-8(9)6-7-4-5-7/h6-7H,2-5,9H2,1H3/b8-6+. The Kier molecular flexibility index (Phi) is 2.15. The van der Waals surface area contributed by atoms with Crippen LogP contribution in [0.1, 0.15) is 32.6 Å². The highest BCUT2D eigenvalue weighted by atomic mass is 14.6. The van der Waals surface area contributed by atoms with Gasteiger partial charge in [-0.3, -0.25) is 0 Å². The Morgan fingerprint density at radius 3 is 2.78 bits per heavy atom. The molecule has 2 N–H and O–H groups in total. The predicted molar refractivity (Wildman–Crippen MR) is 39.9 cm³/mol. The highest BCUT2D eigenvalue weighted by Crippen LogP contribution is 2.31. The van der Waals surface area contributed by atoms with Gasteiger partial charge in [-0.1, -0.05) is 19.4 Å². The van der Waals surface area contributed by atoms with E-state index in [9.17, 15) is 0 Å². The van der Waals surface area contributed by atoms with E-state index < -0.39 is 0 Å². The summed E-state index contributed by atoms with van der Waals surface area (Å²) in [5.74, 6) is 0.844. The molecule has 0 aliphatic heterocycles. The zero-order valence-electron chi connectivity index (χ0n) is 6.06. The minimum atomic E-state index is 0.844. The van der Waals surface area contributed by atoms with Gasteiger partial charge in [0.25, 0.3) is 0 Å². The molecule has 1 rings (SSSR count). The number of allylic oxidation sites excluding steroid dienone is 2. The van der Waals surface area contributed by atoms with E-state index in [0.717, 1.165) is 18.0 Å². The van der Waals surface area contributed by atoms with E-state index in [0.29, 0.717) is 0 Å². The van der Waals surface area contributed by atoms with Gasteiger partial charge in [-0.15, -0.1) is 0 Å². The average Bonchev–Trinajstić information content (AvgIpc) is 2.50. The normalized spacial score (nSPS) is 20.3. The number of hydrogen-bond acceptors (Lipinski definition) is 1. The van der Waals surface area contributed by atoms with E-state index in [1.807, 2.05) is 0 Å². The fraction of sp³-hybridized carbons (Fsp3) is 0.750. The molecule has 0 aromatic heterocycles. The fourth-order valence-corrected chi connectivity index (χ4v) is 0.938. The third-order valence-corrected chi connectivity index (χ3v) is 1.61. The van der Waals surface area contributed by atoms with Crippen molar-refractivity contribution in [2.75, 3.05) is 0 Å². The summed E-state index contributed by atoms with van der Waals surface area (Å²) in [6, 6.07) is 0. The molecule has 0 radical (unpaired) electrons. The van der Waals surface area contributed by atoms with Gasteiger partial charge in [-0.2, -0.15) is 0 Å². The van der Waals surface area contributed by atoms with Crippen LogP contribution in [0.2, 0.25) is 0 Å². The molecule has 0 saturated heterocycles. The summed E-state index contributed by atoms with van der Waals surface area (Å²) in [4.78, 5) is 0. The maximum atomic E-state index is 5.69. The SMILES string of the molecule is CCC/C(N)=C\C1CC1. The lowest BCUT2D eigenvalue weighted by Crippen LogP contribution is -1.96. The van der Waals surface area contributed by atoms with E-state index in [1.165, 1.54) is 19.3 Å². The minimum Gasteiger partial charge on any atom is -0.402 e. The summed E-state index contributed by atoms with van der Waals surface area (Å²) in [6.45, 7) is 2.16. The first kappa shape index (κ1) is 6.66. The highest BCUT2D eigenvalue weighted by molar-refractivity contribution is 5.04. The first-order chi connectivity index (χ1) is 4.33. The molecular formula is C8H15N. The Hall–Kier alpha value is -0.460. The molecule has 0 amide bonds. The lowest BCUT2D eigenvalue weighted by Gasteiger charge is -1.94. The Bertz CT molecular complexity index is 112. The van der Waals surface area contributed by atoms with E-state index in [1.54, 1.807) is 0 Å². The second-order valence-electron chi connectivity index (χ2n) is 2.83. The van der Waals surface area contributed by atoms with E-state index in [4.69, 9.17) is 5.73 Å². The highest BCUT2D eigenvalue weighted by Gasteiger charge is 2.18. The molecule has 9 heavy (non-hydrogen) atoms. The van der Waals surface area contributed by atoms with Gasteiger partial charge in [0.1, 0.15) is 0 Å². The summed E-state index contributed by atoms with van der Waals surface area (Å²) in [6.07, 6.45) is 7.21. The van der Waals surface area contributed by atoms with Gasteiger partial charge >= 0.3 is 0 Å². The maximum absolute atomic E-state index is 5.69. The van der Waals surface area contributed by atoms with Crippen LogP contribution in [0.5, 0.6) is 0 Å². The first-order valence-electron chi connectivity index (χ1n) is 3.79. The second kappa shape index (κ2) is 2.90. The molecule has 0 heterocycles. The molecule has 1 nitrogen and oxygen atoms in total. The molecule has 1 aliphatic carbocycles. The Morgan fingerprint density at radius 2 is 2.33 bits per heavy atom. The monoisotopic (exact) mass is 125 g/mol. The van der Waals surface area contributed by atoms with Crippen molar-refractivity contribution in [1.82, 2.24) is 0 Å². The largest absolute Gasteiger partial charge is 0.402 e. The van der Waals surface area contributed by atoms with Gasteiger partial charge < -0.3 is 5.73 Å². The summed E-state index contributed by atoms with van der Waals surface area (Å²) < 4.78 is 0. The summed E-state index contributed by atoms with van der Waals surface area (Å²) in [7, 11) is 0. The molecule has 0 unspecified atom stereocenters. The van der Waals surface area contributed by atoms with Crippen LogP contribution in [0, 0.1) is 5.92 Å². The molecular weight excluding hydrogens is 110 g/mol. The van der Waals surface area contributed by atoms with Crippen molar-refractivity contribution in [1.29, 1.82) is 0 Å². The van der Waals surface area contributed by atoms with Crippen LogP contribution in [-0.4, -0.2) is 0 Å². The van der Waals surface area contributed by atoms with Crippen molar-refractivity contribution < 1.29 is 0 Å². The van der Waals surface area contributed by atoms with E-state index >= 15 is 0 Å². The van der Waals surface area contributed by atoms with Crippen LogP contribution >= 0.6 is 0 Å². The smallest absolute Gasteiger partial charge is 0.00426 e. The van der Waals surface area contributed by atoms with Crippen molar-refractivity contribution in [2.24, 2.45) is 11.7 Å². The van der Waals surface area contributed by atoms with Crippen molar-refractivity contribution >= 4 is 0 Å². The molecule has 1 fully saturated rings. The summed E-state index contributed by atoms with van der Waals surface area (Å²) >= 11 is 0. The van der Waals surface area contributed by atoms with Crippen LogP contribution in [0.3, 0.4) is 0 Å². The van der Waals surface area contributed by atoms with Gasteiger partial charge in [-0.05, 0) is 25.2 Å². The molecule has 0 bridgehead atoms. The minimum absolute atomic E-state index is 0.844. The van der Waals surface area contributed by atoms with Gasteiger partial charge in [0.05, 0.1) is 0 Å². The quantitative estimate of drug-likeness (QED) is 0.613. The number of nitrogens with two attached hydrogens (primary N) is 1. The second-order valence-corrected chi connectivity index (χ2v) is 2.83. The summed E-state index contributed by atoms with van der Waals surface area (Å²) in [5, 5.41) is 0. The Balaban J connectivity index is 2.20. The molecule has 1 heteroatoms. The van der Waals surface area contributed by atoms with Crippen molar-refractivity contribution in [3.8, 4) is 0 Å². The fourth-order valence-electron chi connectivity index (χ4n) is 0.938. The predicted octanol–water partition coefficient (Wildman–Crippen LogP) is 2.04. The third kappa shape index (κ3) is 2.54. The molecule has 1 aliphatic rings. The number of hydrogen-bond donors (Lipinski definition) is 1. The molecule has 52 valence electrons. The molecule has 0 aromatic rings. The van der Waals surface area contributed by atoms with Gasteiger partial charge in [-0.25, -0.2) is 0 Å². The zero-order chi connectivity index (χ0) is 6.69. The van der Waals surface area contributed by atoms with Crippen molar-refractivity contribution in [3.63, 3.8) is 0 Å². The molecule has 0 spiro atoms. The van der Waals surface area contributed by atoms with E-state index in [-0.39, 0.29) is 0 Å². The van der Waals surface area contributed by atoms with Gasteiger partial charge in [0.2, 0.25) is 0 Å². The van der Waals surface area contributed by atoms with Crippen LogP contribution in [0.25, 0.3) is 0 Å². The average molecular weight is 125 g/mol. The summed E-state index contributed by atoms with van der Waals surface area (Å²) in [5.41, 5.74) is 6.78. The maximum Gasteiger partial charge on any atom is 0.00426 e. The van der Waals surface area contributed by atoms with Crippen molar-refractivity contribution in [3.05, 3.63) is 11.8 Å².